The molecule has 0 atom stereocenters. The van der Waals surface area contributed by atoms with E-state index in [1.54, 1.807) is 7.11 Å². The summed E-state index contributed by atoms with van der Waals surface area (Å²) in [6, 6.07) is 5.53. The molecule has 4 rings (SSSR count). The molecular weight excluding hydrogens is 383 g/mol. The third kappa shape index (κ3) is 3.08. The standard InChI is InChI=1S/C17H20F3N3O3S/c1-26-14-4-2-3-13-15(14)21-16(11-5-6-11)23(13)12-7-9-22(10-8-12)27(24,25)17(18,19)20/h2-4,11-12H,5-10H2,1H3. The number of imidazole rings is 1. The fraction of sp³-hybridized carbons (Fsp3) is 0.588. The van der Waals surface area contributed by atoms with Crippen LogP contribution in [0.1, 0.15) is 43.5 Å². The van der Waals surface area contributed by atoms with Crippen LogP contribution < -0.4 is 4.74 Å². The third-order valence-electron chi connectivity index (χ3n) is 5.29. The highest BCUT2D eigenvalue weighted by atomic mass is 32.2. The molecule has 10 heteroatoms. The van der Waals surface area contributed by atoms with Crippen molar-refractivity contribution in [2.45, 2.75) is 43.2 Å². The van der Waals surface area contributed by atoms with Gasteiger partial charge in [0.15, 0.2) is 0 Å². The highest BCUT2D eigenvalue weighted by molar-refractivity contribution is 7.90. The average Bonchev–Trinajstić information content (AvgIpc) is 3.40. The van der Waals surface area contributed by atoms with Gasteiger partial charge in [0.2, 0.25) is 0 Å². The van der Waals surface area contributed by atoms with Crippen molar-refractivity contribution in [3.63, 3.8) is 0 Å². The number of aromatic nitrogens is 2. The zero-order valence-corrected chi connectivity index (χ0v) is 15.6. The molecule has 1 aromatic carbocycles. The van der Waals surface area contributed by atoms with Gasteiger partial charge in [0, 0.05) is 25.0 Å². The lowest BCUT2D eigenvalue weighted by molar-refractivity contribution is -0.0496. The highest BCUT2D eigenvalue weighted by Gasteiger charge is 2.50. The van der Waals surface area contributed by atoms with Crippen LogP contribution in [0.4, 0.5) is 13.2 Å². The summed E-state index contributed by atoms with van der Waals surface area (Å²) in [5, 5.41) is 0. The first-order valence-electron chi connectivity index (χ1n) is 8.85. The monoisotopic (exact) mass is 403 g/mol. The van der Waals surface area contributed by atoms with Crippen molar-refractivity contribution >= 4 is 21.1 Å². The van der Waals surface area contributed by atoms with E-state index in [4.69, 9.17) is 9.72 Å². The Balaban J connectivity index is 1.66. The van der Waals surface area contributed by atoms with E-state index in [-0.39, 0.29) is 19.1 Å². The lowest BCUT2D eigenvalue weighted by Gasteiger charge is -2.33. The number of hydrogen-bond donors (Lipinski definition) is 0. The van der Waals surface area contributed by atoms with E-state index in [1.165, 1.54) is 0 Å². The van der Waals surface area contributed by atoms with Crippen molar-refractivity contribution in [1.29, 1.82) is 0 Å². The van der Waals surface area contributed by atoms with E-state index in [2.05, 4.69) is 4.57 Å². The summed E-state index contributed by atoms with van der Waals surface area (Å²) >= 11 is 0. The number of methoxy groups -OCH3 is 1. The number of rotatable bonds is 4. The van der Waals surface area contributed by atoms with Gasteiger partial charge in [-0.3, -0.25) is 0 Å². The van der Waals surface area contributed by atoms with Crippen LogP contribution in [0.2, 0.25) is 0 Å². The number of sulfonamides is 1. The van der Waals surface area contributed by atoms with Gasteiger partial charge in [-0.25, -0.2) is 13.4 Å². The number of fused-ring (bicyclic) bond motifs is 1. The topological polar surface area (TPSA) is 64.4 Å². The van der Waals surface area contributed by atoms with E-state index >= 15 is 0 Å². The summed E-state index contributed by atoms with van der Waals surface area (Å²) in [7, 11) is -3.70. The Morgan fingerprint density at radius 1 is 1.15 bits per heavy atom. The fourth-order valence-corrected chi connectivity index (χ4v) is 4.76. The van der Waals surface area contributed by atoms with Crippen molar-refractivity contribution in [2.75, 3.05) is 20.2 Å². The summed E-state index contributed by atoms with van der Waals surface area (Å²) in [4.78, 5) is 4.75. The Morgan fingerprint density at radius 3 is 2.37 bits per heavy atom. The molecule has 148 valence electrons. The van der Waals surface area contributed by atoms with E-state index in [0.29, 0.717) is 28.8 Å². The van der Waals surface area contributed by atoms with E-state index in [9.17, 15) is 21.6 Å². The van der Waals surface area contributed by atoms with Crippen molar-refractivity contribution in [3.05, 3.63) is 24.0 Å². The maximum absolute atomic E-state index is 12.8. The van der Waals surface area contributed by atoms with Gasteiger partial charge in [-0.1, -0.05) is 6.07 Å². The van der Waals surface area contributed by atoms with Crippen LogP contribution in [-0.4, -0.2) is 48.0 Å². The molecule has 0 unspecified atom stereocenters. The minimum Gasteiger partial charge on any atom is -0.494 e. The van der Waals surface area contributed by atoms with Gasteiger partial charge in [0.05, 0.1) is 12.6 Å². The lowest BCUT2D eigenvalue weighted by atomic mass is 10.1. The molecule has 0 N–H and O–H groups in total. The van der Waals surface area contributed by atoms with Crippen LogP contribution in [-0.2, 0) is 10.0 Å². The maximum Gasteiger partial charge on any atom is 0.511 e. The molecule has 0 amide bonds. The zero-order valence-electron chi connectivity index (χ0n) is 14.7. The normalized spacial score (nSPS) is 20.3. The Kier molecular flexibility index (Phi) is 4.38. The second-order valence-electron chi connectivity index (χ2n) is 7.02. The van der Waals surface area contributed by atoms with Crippen LogP contribution in [0.15, 0.2) is 18.2 Å². The number of halogens is 3. The molecular formula is C17H20F3N3O3S. The van der Waals surface area contributed by atoms with Crippen LogP contribution >= 0.6 is 0 Å². The van der Waals surface area contributed by atoms with E-state index < -0.39 is 15.5 Å². The number of hydrogen-bond acceptors (Lipinski definition) is 4. The fourth-order valence-electron chi connectivity index (χ4n) is 3.77. The Labute approximate surface area is 155 Å². The van der Waals surface area contributed by atoms with E-state index in [1.807, 2.05) is 18.2 Å². The molecule has 0 bridgehead atoms. The van der Waals surface area contributed by atoms with Gasteiger partial charge in [0.1, 0.15) is 17.1 Å². The van der Waals surface area contributed by atoms with Gasteiger partial charge >= 0.3 is 15.5 Å². The first-order chi connectivity index (χ1) is 12.7. The summed E-state index contributed by atoms with van der Waals surface area (Å²) in [6.07, 6.45) is 2.70. The Hall–Kier alpha value is -1.81. The molecule has 1 saturated heterocycles. The number of benzene rings is 1. The van der Waals surface area contributed by atoms with Crippen molar-refractivity contribution in [3.8, 4) is 5.75 Å². The second kappa shape index (κ2) is 6.37. The van der Waals surface area contributed by atoms with Crippen LogP contribution in [0.5, 0.6) is 5.75 Å². The van der Waals surface area contributed by atoms with Crippen molar-refractivity contribution in [2.24, 2.45) is 0 Å². The third-order valence-corrected chi connectivity index (χ3v) is 6.92. The number of ether oxygens (including phenoxy) is 1. The van der Waals surface area contributed by atoms with Gasteiger partial charge in [-0.15, -0.1) is 0 Å². The Morgan fingerprint density at radius 2 is 1.81 bits per heavy atom. The minimum absolute atomic E-state index is 0.0858. The molecule has 2 fully saturated rings. The SMILES string of the molecule is COc1cccc2c1nc(C1CC1)n2C1CCN(S(=O)(=O)C(F)(F)F)CC1. The summed E-state index contributed by atoms with van der Waals surface area (Å²) in [5.74, 6) is 1.93. The average molecular weight is 403 g/mol. The quantitative estimate of drug-likeness (QED) is 0.785. The summed E-state index contributed by atoms with van der Waals surface area (Å²) < 4.78 is 69.7. The van der Waals surface area contributed by atoms with Gasteiger partial charge < -0.3 is 9.30 Å². The Bertz CT molecular complexity index is 959. The van der Waals surface area contributed by atoms with Crippen LogP contribution in [0.3, 0.4) is 0 Å². The molecule has 2 aromatic rings. The molecule has 0 radical (unpaired) electrons. The molecule has 1 aliphatic carbocycles. The van der Waals surface area contributed by atoms with E-state index in [0.717, 1.165) is 29.7 Å². The van der Waals surface area contributed by atoms with Crippen molar-refractivity contribution < 1.29 is 26.3 Å². The molecule has 1 aromatic heterocycles. The summed E-state index contributed by atoms with van der Waals surface area (Å²) in [5.41, 5.74) is -3.63. The largest absolute Gasteiger partial charge is 0.511 e. The minimum atomic E-state index is -5.27. The van der Waals surface area contributed by atoms with Crippen LogP contribution in [0, 0.1) is 0 Å². The number of piperidine rings is 1. The first kappa shape index (κ1) is 18.5. The number of nitrogens with zero attached hydrogens (tertiary/aromatic N) is 3. The second-order valence-corrected chi connectivity index (χ2v) is 8.95. The lowest BCUT2D eigenvalue weighted by Crippen LogP contribution is -2.45. The van der Waals surface area contributed by atoms with Gasteiger partial charge in [-0.05, 0) is 37.8 Å². The molecule has 6 nitrogen and oxygen atoms in total. The molecule has 2 heterocycles. The molecule has 1 aliphatic heterocycles. The summed E-state index contributed by atoms with van der Waals surface area (Å²) in [6.45, 7) is -0.305. The van der Waals surface area contributed by atoms with Crippen molar-refractivity contribution in [1.82, 2.24) is 13.9 Å². The number of alkyl halides is 3. The smallest absolute Gasteiger partial charge is 0.494 e. The molecule has 27 heavy (non-hydrogen) atoms. The molecule has 0 spiro atoms. The molecule has 1 saturated carbocycles. The predicted molar refractivity (Wildman–Crippen MR) is 93.1 cm³/mol. The number of para-hydroxylation sites is 1. The maximum atomic E-state index is 12.8. The predicted octanol–water partition coefficient (Wildman–Crippen LogP) is 3.41. The van der Waals surface area contributed by atoms with Gasteiger partial charge in [0.25, 0.3) is 0 Å². The van der Waals surface area contributed by atoms with Gasteiger partial charge in [-0.2, -0.15) is 17.5 Å². The van der Waals surface area contributed by atoms with Crippen LogP contribution in [0.25, 0.3) is 11.0 Å². The highest BCUT2D eigenvalue weighted by Crippen LogP contribution is 2.44. The first-order valence-corrected chi connectivity index (χ1v) is 10.3. The molecule has 2 aliphatic rings. The zero-order chi connectivity index (χ0) is 19.4.